The van der Waals surface area contributed by atoms with Crippen LogP contribution in [0.15, 0.2) is 0 Å². The summed E-state index contributed by atoms with van der Waals surface area (Å²) in [6.45, 7) is 12.7. The summed E-state index contributed by atoms with van der Waals surface area (Å²) >= 11 is 0. The number of fused-ring (bicyclic) bond motifs is 6. The third-order valence-corrected chi connectivity index (χ3v) is 7.08. The van der Waals surface area contributed by atoms with Gasteiger partial charge in [0.1, 0.15) is 29.3 Å². The SMILES string of the molecule is CC12COC([C@H](C=O)[15NH]C(=O)OC(C)(C)C)(OC1)OC2.[15NH2][C@@H](CO)[13C](=O)O.[2H][C@H](O)[C@H]([15NH2])[13C](=O)O.[2H][C@H](O)[C@H]([15NH]C(=O)OC(C)(C)C)C12OCC(C)(CO1)CO2. The molecule has 2 amide bonds. The predicted octanol–water partition coefficient (Wildman–Crippen LogP) is -1.79. The maximum atomic E-state index is 11.9. The summed E-state index contributed by atoms with van der Waals surface area (Å²) in [6.07, 6.45) is -0.973. The highest BCUT2D eigenvalue weighted by molar-refractivity contribution is 5.74. The van der Waals surface area contributed by atoms with Gasteiger partial charge in [0.15, 0.2) is 12.3 Å². The van der Waals surface area contributed by atoms with Crippen LogP contribution in [0.2, 0.25) is 0 Å². The van der Waals surface area contributed by atoms with E-state index in [0.717, 1.165) is 0 Å². The lowest BCUT2D eigenvalue weighted by molar-refractivity contribution is -0.474. The first-order valence-electron chi connectivity index (χ1n) is 17.7. The third kappa shape index (κ3) is 15.5. The molecular weight excluding hydrogens is 734 g/mol. The molecule has 22 nitrogen and oxygen atoms in total. The Morgan fingerprint density at radius 2 is 1.06 bits per heavy atom. The summed E-state index contributed by atoms with van der Waals surface area (Å²) in [5, 5.41) is 46.5. The van der Waals surface area contributed by atoms with E-state index in [2.05, 4.69) is 10.6 Å². The van der Waals surface area contributed by atoms with Crippen molar-refractivity contribution >= 4 is 30.4 Å². The fraction of sp³-hybridized carbons (Fsp3) is 0.844. The summed E-state index contributed by atoms with van der Waals surface area (Å²) in [6, 6.07) is -4.91. The van der Waals surface area contributed by atoms with Crippen LogP contribution in [-0.2, 0) is 52.3 Å². The van der Waals surface area contributed by atoms with Gasteiger partial charge in [-0.1, -0.05) is 13.8 Å². The number of hydrogen-bond donors (Lipinski definition) is 9. The number of carbonyl (C=O) groups excluding carboxylic acids is 3. The monoisotopic (exact) mass is 794 g/mol. The van der Waals surface area contributed by atoms with Gasteiger partial charge in [0.2, 0.25) is 0 Å². The number of alkyl carbamates (subject to hydrolysis) is 2. The normalized spacial score (nSPS) is 30.8. The van der Waals surface area contributed by atoms with E-state index in [9.17, 15) is 29.1 Å². The Balaban J connectivity index is 0.000000414. The van der Waals surface area contributed by atoms with Crippen LogP contribution in [0, 0.1) is 10.8 Å². The van der Waals surface area contributed by atoms with Crippen LogP contribution in [0.5, 0.6) is 0 Å². The molecule has 6 fully saturated rings. The minimum absolute atomic E-state index is 0.207. The van der Waals surface area contributed by atoms with Crippen molar-refractivity contribution in [2.75, 3.05) is 59.4 Å². The number of amides is 2. The zero-order chi connectivity index (χ0) is 43.5. The van der Waals surface area contributed by atoms with Gasteiger partial charge in [0.25, 0.3) is 0 Å². The topological polar surface area (TPSA) is 336 Å². The van der Waals surface area contributed by atoms with E-state index in [-0.39, 0.29) is 10.8 Å². The Morgan fingerprint density at radius 3 is 1.30 bits per heavy atom. The van der Waals surface area contributed by atoms with Gasteiger partial charge in [0.05, 0.1) is 62.2 Å². The second-order valence-electron chi connectivity index (χ2n) is 15.2. The fourth-order valence-electron chi connectivity index (χ4n) is 4.12. The number of hydrogen-bond acceptors (Lipinski definition) is 18. The molecule has 0 saturated carbocycles. The van der Waals surface area contributed by atoms with Gasteiger partial charge >= 0.3 is 36.1 Å². The first kappa shape index (κ1) is 45.1. The predicted molar refractivity (Wildman–Crippen MR) is 182 cm³/mol. The highest BCUT2D eigenvalue weighted by Crippen LogP contribution is 2.40. The molecule has 0 aliphatic carbocycles. The summed E-state index contributed by atoms with van der Waals surface area (Å²) in [7, 11) is 0. The molecule has 0 spiro atoms. The van der Waals surface area contributed by atoms with Crippen LogP contribution in [0.25, 0.3) is 0 Å². The number of aliphatic carboxylic acids is 2. The molecule has 54 heavy (non-hydrogen) atoms. The van der Waals surface area contributed by atoms with E-state index < -0.39 is 91.2 Å². The summed E-state index contributed by atoms with van der Waals surface area (Å²) in [5.41, 5.74) is 7.68. The van der Waals surface area contributed by atoms with Crippen molar-refractivity contribution in [3.63, 3.8) is 0 Å². The van der Waals surface area contributed by atoms with Gasteiger partial charge in [-0.3, -0.25) is 9.59 Å². The summed E-state index contributed by atoms with van der Waals surface area (Å²) in [5.74, 6) is -5.73. The maximum absolute atomic E-state index is 11.9. The van der Waals surface area contributed by atoms with Crippen molar-refractivity contribution in [1.29, 1.82) is 0 Å². The molecule has 6 atom stereocenters. The van der Waals surface area contributed by atoms with Crippen molar-refractivity contribution < 1.29 is 90.1 Å². The first-order valence-corrected chi connectivity index (χ1v) is 16.5. The molecule has 4 bridgehead atoms. The number of nitrogens with two attached hydrogens (primary N) is 2. The molecule has 6 heterocycles. The minimum Gasteiger partial charge on any atom is -0.480 e. The quantitative estimate of drug-likeness (QED) is 0.0669. The van der Waals surface area contributed by atoms with Crippen molar-refractivity contribution in [2.45, 2.75) is 103 Å². The number of carboxylic acid groups (broad SMARTS) is 2. The Hall–Kier alpha value is -3.29. The van der Waals surface area contributed by atoms with Gasteiger partial charge < -0.3 is 90.3 Å². The van der Waals surface area contributed by atoms with Gasteiger partial charge in [-0.2, -0.15) is 0 Å². The molecule has 11 N–H and O–H groups in total. The van der Waals surface area contributed by atoms with Crippen molar-refractivity contribution in [3.8, 4) is 0 Å². The smallest absolute Gasteiger partial charge is 0.408 e. The van der Waals surface area contributed by atoms with Crippen molar-refractivity contribution in [3.05, 3.63) is 0 Å². The van der Waals surface area contributed by atoms with Crippen LogP contribution < -0.4 is 22.1 Å². The highest BCUT2D eigenvalue weighted by Gasteiger charge is 2.57. The standard InChI is InChI=1S/C13H23NO6.C13H21NO6.2C3H7NO3/c2*1-11(2,3)20-10(16)14-9(5-15)13-17-6-12(4,7-18-13)8-19-13;2*4-2(1-5)3(6)7/h9,15H,5-8H2,1-4H3,(H,14,16);5,9H,6-8H2,1-4H3,(H,14,16);2*2,5H,1,4H2,(H,6,7)/t2*9-,12?,13?;2*2-/m0000/s1/i5D,14+1;14+1;1D,3+1,4+1;3+1,4+1/t5-,9-,12?,13?;m;1-,2-;m. The molecule has 6 saturated heterocycles. The molecule has 314 valence electrons. The van der Waals surface area contributed by atoms with E-state index >= 15 is 0 Å². The second kappa shape index (κ2) is 20.0. The lowest BCUT2D eigenvalue weighted by atomic mass is 9.91. The van der Waals surface area contributed by atoms with Gasteiger partial charge in [-0.05, 0) is 41.5 Å². The molecule has 0 aromatic carbocycles. The number of carboxylic acids is 2. The summed E-state index contributed by atoms with van der Waals surface area (Å²) in [4.78, 5) is 54.2. The molecule has 0 aromatic heterocycles. The number of rotatable bonds is 10. The zero-order valence-electron chi connectivity index (χ0n) is 33.7. The average Bonchev–Trinajstić information content (AvgIpc) is 3.09. The molecule has 6 rings (SSSR count). The molecule has 0 unspecified atom stereocenters. The summed E-state index contributed by atoms with van der Waals surface area (Å²) < 4.78 is 57.2. The zero-order valence-corrected chi connectivity index (χ0v) is 31.7. The molecule has 6 aliphatic heterocycles. The van der Waals surface area contributed by atoms with E-state index in [4.69, 9.17) is 72.5 Å². The number of aliphatic hydroxyl groups excluding tert-OH is 3. The van der Waals surface area contributed by atoms with Crippen LogP contribution in [0.1, 0.15) is 58.1 Å². The van der Waals surface area contributed by atoms with E-state index in [1.807, 2.05) is 13.8 Å². The molecule has 6 aliphatic rings. The van der Waals surface area contributed by atoms with Crippen LogP contribution >= 0.6 is 0 Å². The third-order valence-electron chi connectivity index (χ3n) is 7.08. The van der Waals surface area contributed by atoms with Gasteiger partial charge in [0, 0.05) is 10.8 Å². The lowest BCUT2D eigenvalue weighted by Gasteiger charge is -2.52. The largest absolute Gasteiger partial charge is 0.480 e. The van der Waals surface area contributed by atoms with Crippen molar-refractivity contribution in [2.24, 2.45) is 22.3 Å². The van der Waals surface area contributed by atoms with Crippen LogP contribution in [-0.4, -0.2) is 163 Å². The van der Waals surface area contributed by atoms with Gasteiger partial charge in [-0.25, -0.2) is 9.59 Å². The molecule has 0 aromatic rings. The average molecular weight is 795 g/mol. The Morgan fingerprint density at radius 1 is 0.704 bits per heavy atom. The lowest BCUT2D eigenvalue weighted by Crippen LogP contribution is -2.68. The first-order chi connectivity index (χ1) is 25.5. The fourth-order valence-corrected chi connectivity index (χ4v) is 4.12. The second-order valence-corrected chi connectivity index (χ2v) is 15.2. The number of ether oxygens (including phenoxy) is 8. The number of aldehydes is 1. The van der Waals surface area contributed by atoms with Crippen LogP contribution in [0.3, 0.4) is 0 Å². The highest BCUT2D eigenvalue weighted by atomic mass is 16.9. The molecule has 0 radical (unpaired) electrons. The Labute approximate surface area is 315 Å². The Kier molecular flexibility index (Phi) is 16.7. The van der Waals surface area contributed by atoms with E-state index in [1.165, 1.54) is 0 Å². The molecule has 22 heteroatoms. The molecular formula is C32H58N4O18. The number of nitrogens with one attached hydrogen (secondary N) is 2. The van der Waals surface area contributed by atoms with Gasteiger partial charge in [-0.15, -0.1) is 0 Å². The minimum atomic E-state index is -1.73. The van der Waals surface area contributed by atoms with E-state index in [0.29, 0.717) is 45.9 Å². The van der Waals surface area contributed by atoms with Crippen LogP contribution in [0.4, 0.5) is 9.59 Å². The van der Waals surface area contributed by atoms with E-state index in [1.54, 1.807) is 41.5 Å². The number of carbonyl (C=O) groups is 5. The Bertz CT molecular complexity index is 1280. The maximum Gasteiger partial charge on any atom is 0.408 e. The number of aliphatic hydroxyl groups is 3. The van der Waals surface area contributed by atoms with Crippen molar-refractivity contribution in [1.82, 2.24) is 10.6 Å².